The average Bonchev–Trinajstić information content (AvgIpc) is 3.28. The quantitative estimate of drug-likeness (QED) is 0.500. The van der Waals surface area contributed by atoms with Gasteiger partial charge in [0.2, 0.25) is 0 Å². The molecule has 3 N–H and O–H groups in total. The Morgan fingerprint density at radius 2 is 1.85 bits per heavy atom. The number of urea groups is 1. The number of nitrogens with one attached hydrogen (secondary N) is 2. The number of carbonyl (C=O) groups excluding carboxylic acids is 2. The summed E-state index contributed by atoms with van der Waals surface area (Å²) in [5.74, 6) is -1.67. The van der Waals surface area contributed by atoms with Crippen LogP contribution in [0.2, 0.25) is 5.02 Å². The zero-order valence-corrected chi connectivity index (χ0v) is 20.7. The summed E-state index contributed by atoms with van der Waals surface area (Å²) in [6.45, 7) is 5.71. The molecule has 10 heteroatoms. The maximum Gasteiger partial charge on any atom is 0.407 e. The van der Waals surface area contributed by atoms with E-state index in [9.17, 15) is 23.5 Å². The fraction of sp³-hybridized carbons (Fsp3) is 0.667. The third-order valence-corrected chi connectivity index (χ3v) is 6.77. The molecule has 1 saturated heterocycles. The first-order valence-corrected chi connectivity index (χ1v) is 12.1. The highest BCUT2D eigenvalue weighted by Crippen LogP contribution is 2.39. The Hall–Kier alpha value is -2.13. The fourth-order valence-electron chi connectivity index (χ4n) is 4.62. The van der Waals surface area contributed by atoms with Crippen LogP contribution in [0.1, 0.15) is 70.9 Å². The molecule has 0 aromatic heterocycles. The van der Waals surface area contributed by atoms with Crippen molar-refractivity contribution < 1.29 is 28.2 Å². The molecule has 0 spiro atoms. The van der Waals surface area contributed by atoms with Crippen LogP contribution in [0, 0.1) is 17.6 Å². The van der Waals surface area contributed by atoms with Crippen LogP contribution in [-0.4, -0.2) is 53.0 Å². The summed E-state index contributed by atoms with van der Waals surface area (Å²) in [5, 5.41) is 16.0. The first-order valence-electron chi connectivity index (χ1n) is 11.8. The number of hydrogen-bond donors (Lipinski definition) is 3. The lowest BCUT2D eigenvalue weighted by molar-refractivity contribution is -0.0152. The van der Waals surface area contributed by atoms with Crippen LogP contribution in [0.15, 0.2) is 12.1 Å². The predicted molar refractivity (Wildman–Crippen MR) is 125 cm³/mol. The van der Waals surface area contributed by atoms with Gasteiger partial charge in [-0.15, -0.1) is 0 Å². The van der Waals surface area contributed by atoms with Gasteiger partial charge in [-0.2, -0.15) is 0 Å². The van der Waals surface area contributed by atoms with Gasteiger partial charge in [-0.25, -0.2) is 18.4 Å². The Balaban J connectivity index is 1.62. The second-order valence-corrected chi connectivity index (χ2v) is 10.7. The normalized spacial score (nSPS) is 19.6. The van der Waals surface area contributed by atoms with E-state index in [1.807, 2.05) is 0 Å². The van der Waals surface area contributed by atoms with Crippen molar-refractivity contribution in [2.24, 2.45) is 5.92 Å². The molecule has 1 aromatic carbocycles. The van der Waals surface area contributed by atoms with Gasteiger partial charge < -0.3 is 25.4 Å². The van der Waals surface area contributed by atoms with Crippen LogP contribution < -0.4 is 10.6 Å². The highest BCUT2D eigenvalue weighted by molar-refractivity contribution is 6.30. The first-order chi connectivity index (χ1) is 15.9. The summed E-state index contributed by atoms with van der Waals surface area (Å²) in [4.78, 5) is 26.5. The summed E-state index contributed by atoms with van der Waals surface area (Å²) in [6, 6.07) is 1.01. The Morgan fingerprint density at radius 1 is 1.24 bits per heavy atom. The number of aliphatic hydroxyl groups is 1. The summed E-state index contributed by atoms with van der Waals surface area (Å²) in [7, 11) is 0. The average molecular weight is 502 g/mol. The van der Waals surface area contributed by atoms with E-state index in [2.05, 4.69) is 10.6 Å². The zero-order chi connectivity index (χ0) is 25.1. The van der Waals surface area contributed by atoms with Crippen molar-refractivity contribution in [2.45, 2.75) is 76.5 Å². The van der Waals surface area contributed by atoms with Gasteiger partial charge in [0.15, 0.2) is 0 Å². The number of carbonyl (C=O) groups is 2. The molecule has 190 valence electrons. The van der Waals surface area contributed by atoms with Gasteiger partial charge in [0.05, 0.1) is 16.7 Å². The summed E-state index contributed by atoms with van der Waals surface area (Å²) >= 11 is 5.91. The topological polar surface area (TPSA) is 90.9 Å². The van der Waals surface area contributed by atoms with Gasteiger partial charge in [-0.05, 0) is 64.5 Å². The second kappa shape index (κ2) is 10.6. The summed E-state index contributed by atoms with van der Waals surface area (Å²) in [6.07, 6.45) is 3.24. The summed E-state index contributed by atoms with van der Waals surface area (Å²) < 4.78 is 34.6. The van der Waals surface area contributed by atoms with E-state index in [0.29, 0.717) is 0 Å². The van der Waals surface area contributed by atoms with E-state index in [1.165, 1.54) is 11.0 Å². The number of amides is 3. The van der Waals surface area contributed by atoms with E-state index in [1.54, 1.807) is 20.8 Å². The third-order valence-electron chi connectivity index (χ3n) is 6.48. The smallest absolute Gasteiger partial charge is 0.407 e. The molecule has 0 radical (unpaired) electrons. The lowest BCUT2D eigenvalue weighted by Crippen LogP contribution is -2.54. The highest BCUT2D eigenvalue weighted by atomic mass is 35.5. The lowest BCUT2D eigenvalue weighted by Gasteiger charge is -2.39. The van der Waals surface area contributed by atoms with Gasteiger partial charge in [0, 0.05) is 25.2 Å². The van der Waals surface area contributed by atoms with Crippen LogP contribution >= 0.6 is 11.6 Å². The lowest BCUT2D eigenvalue weighted by atomic mass is 9.90. The largest absolute Gasteiger partial charge is 0.444 e. The Morgan fingerprint density at radius 3 is 2.44 bits per heavy atom. The number of hydrogen-bond acceptors (Lipinski definition) is 4. The van der Waals surface area contributed by atoms with Gasteiger partial charge >= 0.3 is 12.1 Å². The number of nitrogens with zero attached hydrogens (tertiary/aromatic N) is 1. The van der Waals surface area contributed by atoms with Crippen LogP contribution in [-0.2, 0) is 4.74 Å². The van der Waals surface area contributed by atoms with Gasteiger partial charge in [-0.3, -0.25) is 0 Å². The number of likely N-dealkylation sites (tertiary alicyclic amines) is 1. The molecule has 1 saturated carbocycles. The molecule has 1 aromatic rings. The number of ether oxygens (including phenoxy) is 1. The van der Waals surface area contributed by atoms with E-state index in [0.717, 1.165) is 31.7 Å². The molecule has 1 heterocycles. The Bertz CT molecular complexity index is 895. The first kappa shape index (κ1) is 26.5. The maximum atomic E-state index is 14.8. The van der Waals surface area contributed by atoms with Crippen molar-refractivity contribution in [2.75, 3.05) is 19.6 Å². The van der Waals surface area contributed by atoms with Crippen molar-refractivity contribution in [1.29, 1.82) is 0 Å². The molecular weight excluding hydrogens is 468 g/mol. The molecule has 1 aliphatic carbocycles. The molecule has 1 unspecified atom stereocenters. The van der Waals surface area contributed by atoms with E-state index < -0.39 is 41.0 Å². The zero-order valence-electron chi connectivity index (χ0n) is 19.9. The maximum absolute atomic E-state index is 14.8. The molecule has 34 heavy (non-hydrogen) atoms. The molecule has 1 atom stereocenters. The fourth-order valence-corrected chi connectivity index (χ4v) is 4.79. The van der Waals surface area contributed by atoms with Crippen LogP contribution in [0.25, 0.3) is 0 Å². The highest BCUT2D eigenvalue weighted by Gasteiger charge is 2.37. The molecule has 3 rings (SSSR count). The minimum Gasteiger partial charge on any atom is -0.444 e. The van der Waals surface area contributed by atoms with E-state index in [-0.39, 0.29) is 49.0 Å². The molecule has 2 aliphatic rings. The number of benzene rings is 1. The van der Waals surface area contributed by atoms with E-state index >= 15 is 0 Å². The minimum absolute atomic E-state index is 0.00100. The molecule has 2 fully saturated rings. The second-order valence-electron chi connectivity index (χ2n) is 10.3. The van der Waals surface area contributed by atoms with Crippen molar-refractivity contribution in [3.8, 4) is 0 Å². The summed E-state index contributed by atoms with van der Waals surface area (Å²) in [5.41, 5.74) is -2.03. The van der Waals surface area contributed by atoms with Crippen LogP contribution in [0.3, 0.4) is 0 Å². The van der Waals surface area contributed by atoms with Gasteiger partial charge in [-0.1, -0.05) is 24.4 Å². The molecule has 3 amide bonds. The number of halogens is 3. The van der Waals surface area contributed by atoms with Gasteiger partial charge in [0.1, 0.15) is 17.2 Å². The van der Waals surface area contributed by atoms with Crippen molar-refractivity contribution in [3.63, 3.8) is 0 Å². The van der Waals surface area contributed by atoms with Crippen LogP contribution in [0.5, 0.6) is 0 Å². The Labute approximate surface area is 204 Å². The predicted octanol–water partition coefficient (Wildman–Crippen LogP) is 4.91. The molecule has 1 aliphatic heterocycles. The van der Waals surface area contributed by atoms with Crippen LogP contribution in [0.4, 0.5) is 18.4 Å². The SMILES string of the molecule is CC(C)(C)OC(=O)NCC1(O)CCN(C(=O)NC(c2c(F)ccc(Cl)c2F)C2CCCC2)CC1. The minimum atomic E-state index is -1.18. The monoisotopic (exact) mass is 501 g/mol. The number of rotatable bonds is 5. The number of alkyl carbamates (subject to hydrolysis) is 1. The van der Waals surface area contributed by atoms with Crippen molar-refractivity contribution in [1.82, 2.24) is 15.5 Å². The molecule has 7 nitrogen and oxygen atoms in total. The standard InChI is InChI=1S/C24H34ClF2N3O4/c1-23(2,3)34-22(32)28-14-24(33)10-12-30(13-11-24)21(31)29-20(15-6-4-5-7-15)18-17(26)9-8-16(25)19(18)27/h8-9,15,20,33H,4-7,10-14H2,1-3H3,(H,28,32)(H,29,31). The van der Waals surface area contributed by atoms with Crippen molar-refractivity contribution >= 4 is 23.7 Å². The molecular formula is C24H34ClF2N3O4. The van der Waals surface area contributed by atoms with Gasteiger partial charge in [0.25, 0.3) is 0 Å². The Kier molecular flexibility index (Phi) is 8.29. The third kappa shape index (κ3) is 6.72. The van der Waals surface area contributed by atoms with E-state index in [4.69, 9.17) is 16.3 Å². The molecule has 0 bridgehead atoms. The number of piperidine rings is 1. The van der Waals surface area contributed by atoms with Crippen molar-refractivity contribution in [3.05, 3.63) is 34.4 Å².